The summed E-state index contributed by atoms with van der Waals surface area (Å²) in [5.41, 5.74) is 1.69. The highest BCUT2D eigenvalue weighted by Crippen LogP contribution is 2.44. The average Bonchev–Trinajstić information content (AvgIpc) is 2.40. The lowest BCUT2D eigenvalue weighted by Gasteiger charge is -2.32. The van der Waals surface area contributed by atoms with Gasteiger partial charge in [-0.05, 0) is 24.1 Å². The van der Waals surface area contributed by atoms with Crippen LogP contribution in [0.5, 0.6) is 23.0 Å². The smallest absolute Gasteiger partial charge is 0.130 e. The second-order valence-corrected chi connectivity index (χ2v) is 5.25. The zero-order valence-corrected chi connectivity index (χ0v) is 11.1. The van der Waals surface area contributed by atoms with Crippen LogP contribution < -0.4 is 4.74 Å². The molecule has 0 aliphatic carbocycles. The minimum absolute atomic E-state index is 0.0136. The van der Waals surface area contributed by atoms with Gasteiger partial charge in [0.2, 0.25) is 0 Å². The predicted molar refractivity (Wildman–Crippen MR) is 74.1 cm³/mol. The molecule has 0 radical (unpaired) electrons. The summed E-state index contributed by atoms with van der Waals surface area (Å²) in [7, 11) is 0. The Morgan fingerprint density at radius 2 is 1.70 bits per heavy atom. The fourth-order valence-electron chi connectivity index (χ4n) is 2.67. The third-order valence-electron chi connectivity index (χ3n) is 3.69. The topological polar surface area (TPSA) is 69.9 Å². The van der Waals surface area contributed by atoms with Crippen LogP contribution in [0.2, 0.25) is 0 Å². The van der Waals surface area contributed by atoms with Crippen molar-refractivity contribution in [3.05, 3.63) is 47.5 Å². The number of benzene rings is 2. The second kappa shape index (κ2) is 4.63. The van der Waals surface area contributed by atoms with Crippen molar-refractivity contribution >= 4 is 0 Å². The third kappa shape index (κ3) is 2.13. The summed E-state index contributed by atoms with van der Waals surface area (Å²) in [4.78, 5) is 0. The Morgan fingerprint density at radius 3 is 2.40 bits per heavy atom. The van der Waals surface area contributed by atoms with Crippen molar-refractivity contribution < 1.29 is 20.1 Å². The molecule has 20 heavy (non-hydrogen) atoms. The molecule has 104 valence electrons. The first-order valence-electron chi connectivity index (χ1n) is 6.55. The highest BCUT2D eigenvalue weighted by atomic mass is 16.5. The van der Waals surface area contributed by atoms with E-state index < -0.39 is 0 Å². The van der Waals surface area contributed by atoms with Gasteiger partial charge in [-0.15, -0.1) is 0 Å². The molecule has 0 bridgehead atoms. The third-order valence-corrected chi connectivity index (χ3v) is 3.69. The van der Waals surface area contributed by atoms with Gasteiger partial charge in [-0.2, -0.15) is 0 Å². The van der Waals surface area contributed by atoms with Gasteiger partial charge in [0.15, 0.2) is 0 Å². The van der Waals surface area contributed by atoms with Crippen LogP contribution in [0.1, 0.15) is 24.2 Å². The molecule has 0 spiro atoms. The molecule has 0 unspecified atom stereocenters. The minimum Gasteiger partial charge on any atom is -0.508 e. The quantitative estimate of drug-likeness (QED) is 0.746. The average molecular weight is 272 g/mol. The lowest BCUT2D eigenvalue weighted by molar-refractivity contribution is 0.121. The Bertz CT molecular complexity index is 634. The van der Waals surface area contributed by atoms with Crippen molar-refractivity contribution in [2.75, 3.05) is 0 Å². The Kier molecular flexibility index (Phi) is 2.93. The normalized spacial score (nSPS) is 21.1. The number of ether oxygens (including phenoxy) is 1. The summed E-state index contributed by atoms with van der Waals surface area (Å²) in [5.74, 6) is 0.963. The van der Waals surface area contributed by atoms with Crippen molar-refractivity contribution in [2.24, 2.45) is 5.92 Å². The number of hydrogen-bond donors (Lipinski definition) is 3. The highest BCUT2D eigenvalue weighted by Gasteiger charge is 2.30. The number of aromatic hydroxyl groups is 3. The molecule has 1 aliphatic rings. The fourth-order valence-corrected chi connectivity index (χ4v) is 2.67. The van der Waals surface area contributed by atoms with E-state index in [9.17, 15) is 15.3 Å². The number of fused-ring (bicyclic) bond motifs is 1. The maximum atomic E-state index is 9.88. The summed E-state index contributed by atoms with van der Waals surface area (Å²) in [6.07, 6.45) is 0.511. The molecule has 3 rings (SSSR count). The van der Waals surface area contributed by atoms with E-state index in [0.29, 0.717) is 12.2 Å². The van der Waals surface area contributed by atoms with Crippen molar-refractivity contribution in [1.82, 2.24) is 0 Å². The Morgan fingerprint density at radius 1 is 1.00 bits per heavy atom. The zero-order chi connectivity index (χ0) is 14.3. The van der Waals surface area contributed by atoms with E-state index in [-0.39, 0.29) is 29.3 Å². The van der Waals surface area contributed by atoms with Gasteiger partial charge in [-0.1, -0.05) is 19.1 Å². The van der Waals surface area contributed by atoms with E-state index >= 15 is 0 Å². The first-order chi connectivity index (χ1) is 9.54. The fraction of sp³-hybridized carbons (Fsp3) is 0.250. The maximum Gasteiger partial charge on any atom is 0.130 e. The molecule has 4 heteroatoms. The van der Waals surface area contributed by atoms with Crippen LogP contribution in [0, 0.1) is 5.92 Å². The molecular formula is C16H16O4. The Hall–Kier alpha value is -2.36. The molecule has 2 atom stereocenters. The molecule has 2 aromatic rings. The summed E-state index contributed by atoms with van der Waals surface area (Å²) < 4.78 is 5.93. The van der Waals surface area contributed by atoms with Gasteiger partial charge in [0.05, 0.1) is 0 Å². The number of phenolic OH excluding ortho intramolecular Hbond substituents is 3. The number of rotatable bonds is 1. The van der Waals surface area contributed by atoms with Crippen molar-refractivity contribution in [1.29, 1.82) is 0 Å². The van der Waals surface area contributed by atoms with E-state index in [1.165, 1.54) is 12.1 Å². The van der Waals surface area contributed by atoms with Gasteiger partial charge in [0, 0.05) is 23.6 Å². The van der Waals surface area contributed by atoms with Crippen molar-refractivity contribution in [3.63, 3.8) is 0 Å². The van der Waals surface area contributed by atoms with Crippen molar-refractivity contribution in [2.45, 2.75) is 19.4 Å². The largest absolute Gasteiger partial charge is 0.508 e. The molecular weight excluding hydrogens is 256 g/mol. The Balaban J connectivity index is 1.98. The molecule has 0 saturated heterocycles. The molecule has 0 fully saturated rings. The van der Waals surface area contributed by atoms with Crippen LogP contribution in [-0.2, 0) is 6.42 Å². The van der Waals surface area contributed by atoms with Crippen LogP contribution in [0.15, 0.2) is 36.4 Å². The molecule has 0 saturated carbocycles. The summed E-state index contributed by atoms with van der Waals surface area (Å²) in [6.45, 7) is 2.05. The highest BCUT2D eigenvalue weighted by molar-refractivity contribution is 5.51. The van der Waals surface area contributed by atoms with Crippen LogP contribution in [0.25, 0.3) is 0 Å². The SMILES string of the molecule is C[C@H]1Cc2c(O)cc(O)cc2O[C@@H]1c1ccc(O)cc1. The van der Waals surface area contributed by atoms with Gasteiger partial charge >= 0.3 is 0 Å². The van der Waals surface area contributed by atoms with Crippen LogP contribution >= 0.6 is 0 Å². The molecule has 3 N–H and O–H groups in total. The zero-order valence-electron chi connectivity index (χ0n) is 11.1. The van der Waals surface area contributed by atoms with E-state index in [1.54, 1.807) is 12.1 Å². The second-order valence-electron chi connectivity index (χ2n) is 5.25. The summed E-state index contributed by atoms with van der Waals surface area (Å²) in [6, 6.07) is 9.75. The van der Waals surface area contributed by atoms with Gasteiger partial charge in [0.1, 0.15) is 29.1 Å². The van der Waals surface area contributed by atoms with Gasteiger partial charge < -0.3 is 20.1 Å². The van der Waals surface area contributed by atoms with Crippen LogP contribution in [0.4, 0.5) is 0 Å². The Labute approximate surface area is 116 Å². The van der Waals surface area contributed by atoms with Crippen LogP contribution in [0.3, 0.4) is 0 Å². The minimum atomic E-state index is -0.163. The summed E-state index contributed by atoms with van der Waals surface area (Å²) in [5, 5.41) is 28.8. The van der Waals surface area contributed by atoms with Crippen molar-refractivity contribution in [3.8, 4) is 23.0 Å². The predicted octanol–water partition coefficient (Wildman–Crippen LogP) is 3.12. The lowest BCUT2D eigenvalue weighted by Crippen LogP contribution is -2.23. The first kappa shape index (κ1) is 12.7. The standard InChI is InChI=1S/C16H16O4/c1-9-6-13-14(19)7-12(18)8-15(13)20-16(9)10-2-4-11(17)5-3-10/h2-5,7-9,16-19H,6H2,1H3/t9-,16-/m0/s1. The molecule has 0 aromatic heterocycles. The lowest BCUT2D eigenvalue weighted by atomic mass is 9.88. The molecule has 4 nitrogen and oxygen atoms in total. The monoisotopic (exact) mass is 272 g/mol. The first-order valence-corrected chi connectivity index (χ1v) is 6.55. The number of phenols is 3. The van der Waals surface area contributed by atoms with E-state index in [2.05, 4.69) is 0 Å². The van der Waals surface area contributed by atoms with Crippen LogP contribution in [-0.4, -0.2) is 15.3 Å². The number of hydrogen-bond acceptors (Lipinski definition) is 4. The van der Waals surface area contributed by atoms with Gasteiger partial charge in [-0.3, -0.25) is 0 Å². The van der Waals surface area contributed by atoms with E-state index in [0.717, 1.165) is 11.1 Å². The maximum absolute atomic E-state index is 9.88. The summed E-state index contributed by atoms with van der Waals surface area (Å²) >= 11 is 0. The molecule has 1 heterocycles. The van der Waals surface area contributed by atoms with Gasteiger partial charge in [-0.25, -0.2) is 0 Å². The molecule has 0 amide bonds. The van der Waals surface area contributed by atoms with Gasteiger partial charge in [0.25, 0.3) is 0 Å². The molecule has 1 aliphatic heterocycles. The molecule has 2 aromatic carbocycles. The van der Waals surface area contributed by atoms with E-state index in [4.69, 9.17) is 4.74 Å². The van der Waals surface area contributed by atoms with E-state index in [1.807, 2.05) is 19.1 Å².